The van der Waals surface area contributed by atoms with Crippen LogP contribution in [0, 0.1) is 0 Å². The lowest BCUT2D eigenvalue weighted by Crippen LogP contribution is -2.28. The molecule has 0 unspecified atom stereocenters. The van der Waals surface area contributed by atoms with E-state index in [0.717, 1.165) is 0 Å². The molecule has 0 aliphatic heterocycles. The molecule has 0 bridgehead atoms. The van der Waals surface area contributed by atoms with E-state index in [1.807, 2.05) is 0 Å². The minimum Gasteiger partial charge on any atom is -0.493 e. The van der Waals surface area contributed by atoms with Gasteiger partial charge in [0.2, 0.25) is 0 Å². The number of rotatable bonds is 7. The fourth-order valence-electron chi connectivity index (χ4n) is 1.36. The number of nitrogens with one attached hydrogen (secondary N) is 1. The molecule has 0 spiro atoms. The SMILES string of the molecule is C=CCOc1ccc(C(=O)NCCN)cc1OC.Cl. The molecule has 0 fully saturated rings. The Balaban J connectivity index is 0.00000324. The largest absolute Gasteiger partial charge is 0.493 e. The first kappa shape index (κ1) is 17.3. The third kappa shape index (κ3) is 5.19. The van der Waals surface area contributed by atoms with Crippen molar-refractivity contribution in [3.8, 4) is 11.5 Å². The van der Waals surface area contributed by atoms with E-state index >= 15 is 0 Å². The zero-order valence-electron chi connectivity index (χ0n) is 10.8. The van der Waals surface area contributed by atoms with Gasteiger partial charge in [-0.1, -0.05) is 12.7 Å². The highest BCUT2D eigenvalue weighted by atomic mass is 35.5. The monoisotopic (exact) mass is 286 g/mol. The van der Waals surface area contributed by atoms with Crippen molar-refractivity contribution in [1.82, 2.24) is 5.32 Å². The molecule has 1 aromatic carbocycles. The maximum absolute atomic E-state index is 11.7. The predicted molar refractivity (Wildman–Crippen MR) is 77.3 cm³/mol. The average Bonchev–Trinajstić information content (AvgIpc) is 2.42. The molecule has 1 aromatic rings. The summed E-state index contributed by atoms with van der Waals surface area (Å²) < 4.78 is 10.6. The van der Waals surface area contributed by atoms with Crippen LogP contribution in [0.1, 0.15) is 10.4 Å². The minimum absolute atomic E-state index is 0. The Labute approximate surface area is 119 Å². The van der Waals surface area contributed by atoms with Crippen LogP contribution in [0.2, 0.25) is 0 Å². The van der Waals surface area contributed by atoms with Gasteiger partial charge in [0, 0.05) is 18.7 Å². The first-order valence-corrected chi connectivity index (χ1v) is 5.63. The number of benzene rings is 1. The van der Waals surface area contributed by atoms with Crippen molar-refractivity contribution < 1.29 is 14.3 Å². The van der Waals surface area contributed by atoms with Crippen molar-refractivity contribution in [2.45, 2.75) is 0 Å². The van der Waals surface area contributed by atoms with Crippen molar-refractivity contribution in [3.05, 3.63) is 36.4 Å². The first-order valence-electron chi connectivity index (χ1n) is 5.63. The molecular formula is C13H19ClN2O3. The van der Waals surface area contributed by atoms with Gasteiger partial charge in [-0.05, 0) is 18.2 Å². The molecule has 0 aromatic heterocycles. The van der Waals surface area contributed by atoms with Crippen molar-refractivity contribution >= 4 is 18.3 Å². The van der Waals surface area contributed by atoms with Crippen LogP contribution >= 0.6 is 12.4 Å². The van der Waals surface area contributed by atoms with Gasteiger partial charge >= 0.3 is 0 Å². The number of hydrogen-bond acceptors (Lipinski definition) is 4. The average molecular weight is 287 g/mol. The Morgan fingerprint density at radius 3 is 2.79 bits per heavy atom. The Morgan fingerprint density at radius 2 is 2.21 bits per heavy atom. The van der Waals surface area contributed by atoms with Crippen molar-refractivity contribution in [3.63, 3.8) is 0 Å². The van der Waals surface area contributed by atoms with Crippen LogP contribution in [0.4, 0.5) is 0 Å². The molecule has 0 radical (unpaired) electrons. The topological polar surface area (TPSA) is 73.6 Å². The molecule has 0 atom stereocenters. The molecule has 0 aliphatic carbocycles. The quantitative estimate of drug-likeness (QED) is 0.743. The Hall–Kier alpha value is -1.72. The van der Waals surface area contributed by atoms with E-state index < -0.39 is 0 Å². The summed E-state index contributed by atoms with van der Waals surface area (Å²) in [5.41, 5.74) is 5.83. The van der Waals surface area contributed by atoms with Gasteiger partial charge in [-0.15, -0.1) is 12.4 Å². The standard InChI is InChI=1S/C13H18N2O3.ClH/c1-3-8-18-11-5-4-10(9-12(11)17-2)13(16)15-7-6-14;/h3-5,9H,1,6-8,14H2,2H3,(H,15,16);1H. The second kappa shape index (κ2) is 9.24. The molecule has 3 N–H and O–H groups in total. The number of amides is 1. The van der Waals surface area contributed by atoms with Crippen LogP contribution in [-0.4, -0.2) is 32.7 Å². The third-order valence-corrected chi connectivity index (χ3v) is 2.21. The van der Waals surface area contributed by atoms with E-state index in [1.165, 1.54) is 7.11 Å². The summed E-state index contributed by atoms with van der Waals surface area (Å²) in [4.78, 5) is 11.7. The fourth-order valence-corrected chi connectivity index (χ4v) is 1.36. The maximum Gasteiger partial charge on any atom is 0.251 e. The molecule has 6 heteroatoms. The van der Waals surface area contributed by atoms with Crippen LogP contribution in [0.15, 0.2) is 30.9 Å². The summed E-state index contributed by atoms with van der Waals surface area (Å²) in [6, 6.07) is 5.00. The van der Waals surface area contributed by atoms with Gasteiger partial charge in [-0.2, -0.15) is 0 Å². The zero-order chi connectivity index (χ0) is 13.4. The minimum atomic E-state index is -0.186. The lowest BCUT2D eigenvalue weighted by molar-refractivity contribution is 0.0954. The van der Waals surface area contributed by atoms with Gasteiger partial charge in [-0.3, -0.25) is 4.79 Å². The molecule has 0 saturated heterocycles. The summed E-state index contributed by atoms with van der Waals surface area (Å²) >= 11 is 0. The van der Waals surface area contributed by atoms with E-state index in [0.29, 0.717) is 36.8 Å². The van der Waals surface area contributed by atoms with Crippen molar-refractivity contribution in [2.75, 3.05) is 26.8 Å². The molecule has 106 valence electrons. The van der Waals surface area contributed by atoms with E-state index in [4.69, 9.17) is 15.2 Å². The van der Waals surface area contributed by atoms with Crippen molar-refractivity contribution in [1.29, 1.82) is 0 Å². The van der Waals surface area contributed by atoms with E-state index in [9.17, 15) is 4.79 Å². The summed E-state index contributed by atoms with van der Waals surface area (Å²) in [5.74, 6) is 0.902. The van der Waals surface area contributed by atoms with Gasteiger partial charge in [0.15, 0.2) is 11.5 Å². The van der Waals surface area contributed by atoms with Gasteiger partial charge in [0.25, 0.3) is 5.91 Å². The zero-order valence-corrected chi connectivity index (χ0v) is 11.7. The van der Waals surface area contributed by atoms with Crippen LogP contribution < -0.4 is 20.5 Å². The van der Waals surface area contributed by atoms with Gasteiger partial charge in [0.05, 0.1) is 7.11 Å². The van der Waals surface area contributed by atoms with E-state index in [-0.39, 0.29) is 18.3 Å². The second-order valence-corrected chi connectivity index (χ2v) is 3.51. The van der Waals surface area contributed by atoms with Crippen molar-refractivity contribution in [2.24, 2.45) is 5.73 Å². The summed E-state index contributed by atoms with van der Waals surface area (Å²) in [6.07, 6.45) is 1.64. The third-order valence-electron chi connectivity index (χ3n) is 2.21. The fraction of sp³-hybridized carbons (Fsp3) is 0.308. The molecule has 1 rings (SSSR count). The molecule has 5 nitrogen and oxygen atoms in total. The second-order valence-electron chi connectivity index (χ2n) is 3.51. The van der Waals surface area contributed by atoms with Crippen LogP contribution in [-0.2, 0) is 0 Å². The number of hydrogen-bond donors (Lipinski definition) is 2. The smallest absolute Gasteiger partial charge is 0.251 e. The van der Waals surface area contributed by atoms with Gasteiger partial charge < -0.3 is 20.5 Å². The van der Waals surface area contributed by atoms with Gasteiger partial charge in [0.1, 0.15) is 6.61 Å². The van der Waals surface area contributed by atoms with Crippen LogP contribution in [0.3, 0.4) is 0 Å². The lowest BCUT2D eigenvalue weighted by Gasteiger charge is -2.11. The molecule has 19 heavy (non-hydrogen) atoms. The maximum atomic E-state index is 11.7. The summed E-state index contributed by atoms with van der Waals surface area (Å²) in [5, 5.41) is 2.69. The summed E-state index contributed by atoms with van der Waals surface area (Å²) in [7, 11) is 1.53. The van der Waals surface area contributed by atoms with Gasteiger partial charge in [-0.25, -0.2) is 0 Å². The number of carbonyl (C=O) groups is 1. The molecular weight excluding hydrogens is 268 g/mol. The lowest BCUT2D eigenvalue weighted by atomic mass is 10.2. The first-order chi connectivity index (χ1) is 8.72. The highest BCUT2D eigenvalue weighted by molar-refractivity contribution is 5.94. The van der Waals surface area contributed by atoms with E-state index in [2.05, 4.69) is 11.9 Å². The van der Waals surface area contributed by atoms with Crippen LogP contribution in [0.5, 0.6) is 11.5 Å². The Bertz CT molecular complexity index is 424. The predicted octanol–water partition coefficient (Wildman–Crippen LogP) is 1.37. The molecule has 0 heterocycles. The number of carbonyl (C=O) groups excluding carboxylic acids is 1. The number of halogens is 1. The number of ether oxygens (including phenoxy) is 2. The normalized spacial score (nSPS) is 9.16. The molecule has 0 aliphatic rings. The molecule has 0 saturated carbocycles. The van der Waals surface area contributed by atoms with E-state index in [1.54, 1.807) is 24.3 Å². The Morgan fingerprint density at radius 1 is 1.47 bits per heavy atom. The summed E-state index contributed by atoms with van der Waals surface area (Å²) in [6.45, 7) is 4.80. The highest BCUT2D eigenvalue weighted by Gasteiger charge is 2.10. The highest BCUT2D eigenvalue weighted by Crippen LogP contribution is 2.27. The number of methoxy groups -OCH3 is 1. The van der Waals surface area contributed by atoms with Crippen LogP contribution in [0.25, 0.3) is 0 Å². The number of nitrogens with two attached hydrogens (primary N) is 1. The molecule has 1 amide bonds. The Kier molecular flexibility index (Phi) is 8.41.